The zero-order chi connectivity index (χ0) is 18.4. The Balaban J connectivity index is 1.86. The van der Waals surface area contributed by atoms with Gasteiger partial charge >= 0.3 is 5.97 Å². The van der Waals surface area contributed by atoms with E-state index >= 15 is 0 Å². The molecular weight excluding hydrogens is 332 g/mol. The van der Waals surface area contributed by atoms with Gasteiger partial charge in [0.1, 0.15) is 0 Å². The second-order valence-corrected chi connectivity index (χ2v) is 6.20. The third-order valence-electron chi connectivity index (χ3n) is 4.36. The molecule has 1 atom stereocenters. The largest absolute Gasteiger partial charge is 0.469 e. The Morgan fingerprint density at radius 1 is 1.15 bits per heavy atom. The predicted molar refractivity (Wildman–Crippen MR) is 97.4 cm³/mol. The summed E-state index contributed by atoms with van der Waals surface area (Å²) in [7, 11) is 1.34. The van der Waals surface area contributed by atoms with Gasteiger partial charge in [-0.25, -0.2) is 0 Å². The lowest BCUT2D eigenvalue weighted by molar-refractivity contribution is -0.147. The Labute approximate surface area is 151 Å². The molecule has 1 unspecified atom stereocenters. The minimum atomic E-state index is -0.949. The Kier molecular flexibility index (Phi) is 5.31. The summed E-state index contributed by atoms with van der Waals surface area (Å²) in [4.78, 5) is 17.7. The van der Waals surface area contributed by atoms with Crippen LogP contribution in [0.25, 0.3) is 0 Å². The van der Waals surface area contributed by atoms with E-state index in [0.29, 0.717) is 12.1 Å². The van der Waals surface area contributed by atoms with Gasteiger partial charge in [0, 0.05) is 12.8 Å². The number of carbonyl (C=O) groups excluding carboxylic acids is 1. The lowest BCUT2D eigenvalue weighted by atomic mass is 9.85. The summed E-state index contributed by atoms with van der Waals surface area (Å²) < 4.78 is 4.83. The lowest BCUT2D eigenvalue weighted by Gasteiger charge is -2.25. The predicted octanol–water partition coefficient (Wildman–Crippen LogP) is 3.38. The molecule has 0 aromatic heterocycles. The molecule has 0 saturated carbocycles. The first-order valence-corrected chi connectivity index (χ1v) is 8.29. The van der Waals surface area contributed by atoms with Crippen molar-refractivity contribution in [2.75, 3.05) is 7.11 Å². The fraction of sp³-hybridized carbons (Fsp3) is 0.250. The van der Waals surface area contributed by atoms with E-state index in [0.717, 1.165) is 16.8 Å². The maximum atomic E-state index is 12.0. The molecule has 2 aromatic rings. The van der Waals surface area contributed by atoms with E-state index < -0.39 is 11.6 Å². The van der Waals surface area contributed by atoms with Crippen molar-refractivity contribution in [3.63, 3.8) is 0 Å². The lowest BCUT2D eigenvalue weighted by Crippen LogP contribution is -2.36. The molecule has 0 bridgehead atoms. The van der Waals surface area contributed by atoms with E-state index in [9.17, 15) is 10.0 Å². The maximum absolute atomic E-state index is 12.0. The number of carbonyl (C=O) groups is 1. The molecule has 0 aliphatic carbocycles. The van der Waals surface area contributed by atoms with E-state index in [4.69, 9.17) is 9.57 Å². The van der Waals surface area contributed by atoms with E-state index in [-0.39, 0.29) is 12.8 Å². The third kappa shape index (κ3) is 3.91. The van der Waals surface area contributed by atoms with E-state index in [1.165, 1.54) is 7.11 Å². The van der Waals surface area contributed by atoms with E-state index in [1.807, 2.05) is 60.7 Å². The molecule has 0 fully saturated rings. The Hall–Kier alpha value is -3.15. The summed E-state index contributed by atoms with van der Waals surface area (Å²) >= 11 is 0. The Bertz CT molecular complexity index is 818. The first-order chi connectivity index (χ1) is 12.7. The molecule has 2 aromatic carbocycles. The van der Waals surface area contributed by atoms with Crippen molar-refractivity contribution in [2.24, 2.45) is 10.3 Å². The number of ether oxygens (including phenoxy) is 1. The molecule has 6 heteroatoms. The molecule has 0 amide bonds. The number of oxime groups is 2. The number of nitrogens with zero attached hydrogens (tertiary/aromatic N) is 2. The molecule has 134 valence electrons. The molecule has 6 nitrogen and oxygen atoms in total. The smallest absolute Gasteiger partial charge is 0.309 e. The maximum Gasteiger partial charge on any atom is 0.309 e. The average Bonchev–Trinajstić information content (AvgIpc) is 3.11. The molecule has 0 spiro atoms. The van der Waals surface area contributed by atoms with Gasteiger partial charge in [-0.15, -0.1) is 0 Å². The van der Waals surface area contributed by atoms with Gasteiger partial charge in [0.2, 0.25) is 0 Å². The number of benzene rings is 2. The highest BCUT2D eigenvalue weighted by molar-refractivity contribution is 6.04. The van der Waals surface area contributed by atoms with Crippen LogP contribution in [0.4, 0.5) is 0 Å². The fourth-order valence-electron chi connectivity index (χ4n) is 3.03. The van der Waals surface area contributed by atoms with Crippen LogP contribution in [0.3, 0.4) is 0 Å². The van der Waals surface area contributed by atoms with Crippen LogP contribution in [0.15, 0.2) is 71.0 Å². The minimum absolute atomic E-state index is 0.00911. The molecule has 1 aliphatic rings. The SMILES string of the molecule is COC(=O)CC1(C/C(=N/O)c2ccccc2)CC(c2ccccc2)=NO1. The van der Waals surface area contributed by atoms with Crippen molar-refractivity contribution in [1.82, 2.24) is 0 Å². The van der Waals surface area contributed by atoms with Gasteiger partial charge in [-0.3, -0.25) is 4.79 Å². The summed E-state index contributed by atoms with van der Waals surface area (Å²) in [5.41, 5.74) is 1.92. The van der Waals surface area contributed by atoms with Gasteiger partial charge in [-0.1, -0.05) is 71.0 Å². The van der Waals surface area contributed by atoms with Gasteiger partial charge in [0.25, 0.3) is 0 Å². The van der Waals surface area contributed by atoms with Gasteiger partial charge < -0.3 is 14.8 Å². The first-order valence-electron chi connectivity index (χ1n) is 8.29. The molecular formula is C20H20N2O4. The summed E-state index contributed by atoms with van der Waals surface area (Å²) in [5, 5.41) is 17.1. The van der Waals surface area contributed by atoms with Crippen LogP contribution in [0.2, 0.25) is 0 Å². The molecule has 0 radical (unpaired) electrons. The van der Waals surface area contributed by atoms with Crippen LogP contribution in [-0.4, -0.2) is 35.3 Å². The van der Waals surface area contributed by atoms with E-state index in [2.05, 4.69) is 10.3 Å². The van der Waals surface area contributed by atoms with Crippen molar-refractivity contribution < 1.29 is 19.6 Å². The molecule has 0 saturated heterocycles. The number of hydrogen-bond donors (Lipinski definition) is 1. The van der Waals surface area contributed by atoms with Crippen LogP contribution in [0, 0.1) is 0 Å². The normalized spacial score (nSPS) is 19.6. The van der Waals surface area contributed by atoms with Crippen LogP contribution in [0.5, 0.6) is 0 Å². The average molecular weight is 352 g/mol. The van der Waals surface area contributed by atoms with Gasteiger partial charge in [0.15, 0.2) is 5.60 Å². The summed E-state index contributed by atoms with van der Waals surface area (Å²) in [6, 6.07) is 18.9. The topological polar surface area (TPSA) is 80.5 Å². The van der Waals surface area contributed by atoms with Crippen LogP contribution < -0.4 is 0 Å². The number of hydrogen-bond acceptors (Lipinski definition) is 6. The van der Waals surface area contributed by atoms with Crippen molar-refractivity contribution in [2.45, 2.75) is 24.9 Å². The molecule has 1 aliphatic heterocycles. The Morgan fingerprint density at radius 3 is 2.42 bits per heavy atom. The standard InChI is InChI=1S/C20H20N2O4/c1-25-19(23)14-20(12-17(21-24)15-8-4-2-5-9-15)13-18(22-26-20)16-10-6-3-7-11-16/h2-11,24H,12-14H2,1H3/b21-17-. The number of methoxy groups -OCH3 is 1. The zero-order valence-electron chi connectivity index (χ0n) is 14.5. The number of esters is 1. The molecule has 1 N–H and O–H groups in total. The first kappa shape index (κ1) is 17.7. The van der Waals surface area contributed by atoms with E-state index in [1.54, 1.807) is 0 Å². The van der Waals surface area contributed by atoms with Gasteiger partial charge in [-0.2, -0.15) is 0 Å². The quantitative estimate of drug-likeness (QED) is 0.374. The fourth-order valence-corrected chi connectivity index (χ4v) is 3.03. The summed E-state index contributed by atoms with van der Waals surface area (Å²) in [5.74, 6) is -0.403. The van der Waals surface area contributed by atoms with Crippen molar-refractivity contribution in [1.29, 1.82) is 0 Å². The second-order valence-electron chi connectivity index (χ2n) is 6.20. The highest BCUT2D eigenvalue weighted by Crippen LogP contribution is 2.35. The Morgan fingerprint density at radius 2 is 1.81 bits per heavy atom. The van der Waals surface area contributed by atoms with Crippen molar-refractivity contribution >= 4 is 17.4 Å². The van der Waals surface area contributed by atoms with Crippen LogP contribution in [0.1, 0.15) is 30.4 Å². The molecule has 3 rings (SSSR count). The summed E-state index contributed by atoms with van der Waals surface area (Å²) in [6.45, 7) is 0. The minimum Gasteiger partial charge on any atom is -0.469 e. The highest BCUT2D eigenvalue weighted by Gasteiger charge is 2.43. The van der Waals surface area contributed by atoms with Crippen LogP contribution >= 0.6 is 0 Å². The van der Waals surface area contributed by atoms with Crippen molar-refractivity contribution in [3.8, 4) is 0 Å². The van der Waals surface area contributed by atoms with Crippen LogP contribution in [-0.2, 0) is 14.4 Å². The van der Waals surface area contributed by atoms with Gasteiger partial charge in [0.05, 0.1) is 25.0 Å². The second kappa shape index (κ2) is 7.82. The molecule has 1 heterocycles. The third-order valence-corrected chi connectivity index (χ3v) is 4.36. The highest BCUT2D eigenvalue weighted by atomic mass is 16.7. The summed E-state index contributed by atoms with van der Waals surface area (Å²) in [6.07, 6.45) is 0.648. The molecule has 26 heavy (non-hydrogen) atoms. The van der Waals surface area contributed by atoms with Crippen molar-refractivity contribution in [3.05, 3.63) is 71.8 Å². The van der Waals surface area contributed by atoms with Gasteiger partial charge in [-0.05, 0) is 11.1 Å². The number of rotatable bonds is 6. The zero-order valence-corrected chi connectivity index (χ0v) is 14.5. The monoisotopic (exact) mass is 352 g/mol.